The highest BCUT2D eigenvalue weighted by atomic mass is 31.0. The summed E-state index contributed by atoms with van der Waals surface area (Å²) >= 11 is 0. The lowest BCUT2D eigenvalue weighted by molar-refractivity contribution is -0.120. The SMILES string of the molecule is C#C.CC.CC=O.CCCC(CNc1nc(OC)nc2c(P)c(-c3cc(O)cc4ccc(F)c(CC)c34)ncc12)C(C)=O.FC1CC2CCCN2C1. The number of Topliss-reactive ketones (excluding diaryl/α,β-unsaturated/α-hetero) is 1. The number of hydrogen-bond acceptors (Lipinski definition) is 9. The van der Waals surface area contributed by atoms with Crippen LogP contribution in [0.4, 0.5) is 14.6 Å². The van der Waals surface area contributed by atoms with Crippen LogP contribution in [-0.2, 0) is 16.0 Å². The van der Waals surface area contributed by atoms with Gasteiger partial charge in [0.2, 0.25) is 0 Å². The number of methoxy groups -OCH3 is 1. The Labute approximate surface area is 309 Å². The number of ether oxygens (including phenoxy) is 1. The van der Waals surface area contributed by atoms with Gasteiger partial charge < -0.3 is 20.0 Å². The largest absolute Gasteiger partial charge is 0.508 e. The van der Waals surface area contributed by atoms with Crippen molar-refractivity contribution in [3.8, 4) is 35.9 Å². The number of nitrogens with zero attached hydrogens (tertiary/aromatic N) is 4. The number of carbonyl (C=O) groups is 2. The lowest BCUT2D eigenvalue weighted by Crippen LogP contribution is -2.22. The first kappa shape index (κ1) is 43.9. The predicted octanol–water partition coefficient (Wildman–Crippen LogP) is 7.85. The van der Waals surface area contributed by atoms with Gasteiger partial charge in [-0.2, -0.15) is 9.97 Å². The molecule has 2 fully saturated rings. The summed E-state index contributed by atoms with van der Waals surface area (Å²) < 4.78 is 32.7. The molecule has 6 rings (SSSR count). The van der Waals surface area contributed by atoms with E-state index >= 15 is 0 Å². The Morgan fingerprint density at radius 2 is 1.92 bits per heavy atom. The molecular weight excluding hydrogens is 683 g/mol. The van der Waals surface area contributed by atoms with E-state index in [4.69, 9.17) is 14.5 Å². The third-order valence-corrected chi connectivity index (χ3v) is 9.44. The second-order valence-corrected chi connectivity index (χ2v) is 12.7. The molecule has 2 aromatic heterocycles. The number of anilines is 1. The molecule has 12 heteroatoms. The van der Waals surface area contributed by atoms with E-state index in [-0.39, 0.29) is 29.3 Å². The molecular formula is C40H54F2N5O4P. The average Bonchev–Trinajstić information content (AvgIpc) is 3.73. The number of phenolic OH excluding ortho intramolecular Hbond substituents is 1. The van der Waals surface area contributed by atoms with E-state index in [2.05, 4.69) is 42.3 Å². The van der Waals surface area contributed by atoms with Crippen molar-refractivity contribution in [1.29, 1.82) is 0 Å². The number of aryl methyl sites for hydroxylation is 1. The second kappa shape index (κ2) is 22.0. The Morgan fingerprint density at radius 3 is 2.52 bits per heavy atom. The molecule has 52 heavy (non-hydrogen) atoms. The van der Waals surface area contributed by atoms with Crippen LogP contribution in [0.2, 0.25) is 0 Å². The van der Waals surface area contributed by atoms with Crippen molar-refractivity contribution in [1.82, 2.24) is 19.9 Å². The van der Waals surface area contributed by atoms with E-state index in [0.717, 1.165) is 37.5 Å². The fourth-order valence-corrected chi connectivity index (χ4v) is 7.05. The average molecular weight is 738 g/mol. The summed E-state index contributed by atoms with van der Waals surface area (Å²) in [6, 6.07) is 7.08. The molecule has 4 aromatic rings. The van der Waals surface area contributed by atoms with Crippen molar-refractivity contribution < 1.29 is 28.2 Å². The smallest absolute Gasteiger partial charge is 0.318 e. The molecule has 2 aliphatic rings. The van der Waals surface area contributed by atoms with E-state index in [9.17, 15) is 18.7 Å². The molecule has 0 amide bonds. The molecule has 282 valence electrons. The highest BCUT2D eigenvalue weighted by Gasteiger charge is 2.34. The molecule has 0 bridgehead atoms. The van der Waals surface area contributed by atoms with Crippen LogP contribution in [0.25, 0.3) is 32.9 Å². The van der Waals surface area contributed by atoms with E-state index < -0.39 is 6.17 Å². The summed E-state index contributed by atoms with van der Waals surface area (Å²) in [5.74, 6) is 0.270. The molecule has 4 atom stereocenters. The van der Waals surface area contributed by atoms with Crippen LogP contribution in [0, 0.1) is 24.6 Å². The number of alkyl halides is 1. The highest BCUT2D eigenvalue weighted by Crippen LogP contribution is 2.37. The van der Waals surface area contributed by atoms with Crippen molar-refractivity contribution in [3.05, 3.63) is 41.8 Å². The van der Waals surface area contributed by atoms with Gasteiger partial charge in [-0.15, -0.1) is 22.1 Å². The minimum atomic E-state index is -0.518. The van der Waals surface area contributed by atoms with Crippen LogP contribution < -0.4 is 15.4 Å². The summed E-state index contributed by atoms with van der Waals surface area (Å²) in [7, 11) is 4.16. The lowest BCUT2D eigenvalue weighted by atomic mass is 9.94. The first-order valence-corrected chi connectivity index (χ1v) is 18.4. The van der Waals surface area contributed by atoms with Gasteiger partial charge in [-0.1, -0.05) is 40.2 Å². The number of pyridine rings is 1. The van der Waals surface area contributed by atoms with Crippen LogP contribution in [0.3, 0.4) is 0 Å². The fraction of sp³-hybridized carbons (Fsp3) is 0.475. The van der Waals surface area contributed by atoms with Gasteiger partial charge in [0.05, 0.1) is 23.7 Å². The number of benzene rings is 2. The molecule has 2 N–H and O–H groups in total. The molecule has 0 radical (unpaired) electrons. The first-order chi connectivity index (χ1) is 25.1. The van der Waals surface area contributed by atoms with Crippen LogP contribution in [-0.4, -0.2) is 76.0 Å². The number of phenols is 1. The number of aromatic nitrogens is 3. The van der Waals surface area contributed by atoms with Crippen molar-refractivity contribution in [2.45, 2.75) is 92.3 Å². The Morgan fingerprint density at radius 1 is 1.23 bits per heavy atom. The van der Waals surface area contributed by atoms with Crippen LogP contribution >= 0.6 is 9.24 Å². The van der Waals surface area contributed by atoms with Gasteiger partial charge in [-0.05, 0) is 87.0 Å². The monoisotopic (exact) mass is 737 g/mol. The maximum Gasteiger partial charge on any atom is 0.318 e. The molecule has 2 aliphatic heterocycles. The Balaban J connectivity index is 0.000000486. The number of terminal acetylenes is 1. The van der Waals surface area contributed by atoms with Crippen LogP contribution in [0.15, 0.2) is 30.5 Å². The van der Waals surface area contributed by atoms with Gasteiger partial charge in [-0.3, -0.25) is 14.7 Å². The molecule has 0 saturated carbocycles. The third kappa shape index (κ3) is 10.9. The van der Waals surface area contributed by atoms with Crippen LogP contribution in [0.1, 0.15) is 79.2 Å². The molecule has 2 saturated heterocycles. The molecule has 4 unspecified atom stereocenters. The number of nitrogens with one attached hydrogen (secondary N) is 1. The van der Waals surface area contributed by atoms with Gasteiger partial charge in [0, 0.05) is 42.1 Å². The maximum absolute atomic E-state index is 14.7. The number of rotatable bonds is 9. The zero-order valence-corrected chi connectivity index (χ0v) is 32.7. The minimum absolute atomic E-state index is 0.0614. The number of aldehydes is 1. The normalized spacial score (nSPS) is 16.4. The summed E-state index contributed by atoms with van der Waals surface area (Å²) in [6.07, 6.45) is 15.4. The number of carbonyl (C=O) groups excluding carboxylic acids is 2. The molecule has 0 aliphatic carbocycles. The number of fused-ring (bicyclic) bond motifs is 3. The van der Waals surface area contributed by atoms with Gasteiger partial charge in [0.15, 0.2) is 0 Å². The number of ketones is 1. The van der Waals surface area contributed by atoms with Crippen molar-refractivity contribution in [2.24, 2.45) is 5.92 Å². The molecule has 9 nitrogen and oxygen atoms in total. The molecule has 4 heterocycles. The second-order valence-electron chi connectivity index (χ2n) is 12.1. The van der Waals surface area contributed by atoms with Crippen molar-refractivity contribution >= 4 is 54.1 Å². The van der Waals surface area contributed by atoms with Crippen molar-refractivity contribution in [3.63, 3.8) is 0 Å². The fourth-order valence-electron chi connectivity index (χ4n) is 6.60. The first-order valence-electron chi connectivity index (χ1n) is 17.9. The van der Waals surface area contributed by atoms with Gasteiger partial charge in [0.1, 0.15) is 35.6 Å². The van der Waals surface area contributed by atoms with E-state index in [0.29, 0.717) is 69.8 Å². The quantitative estimate of drug-likeness (QED) is 0.101. The van der Waals surface area contributed by atoms with Gasteiger partial charge >= 0.3 is 6.01 Å². The Kier molecular flexibility index (Phi) is 18.5. The summed E-state index contributed by atoms with van der Waals surface area (Å²) in [6.45, 7) is 13.3. The maximum atomic E-state index is 14.7. The standard InChI is InChI=1S/C27H30FN4O3P.C7H12FN.C2H4O.C2H6.C2H2/c1-5-7-16(14(3)33)12-30-26-20-13-29-23(25(36)24(20)31-27(32-26)35-4)19-11-17(34)10-15-8-9-21(28)18(6-2)22(15)19;8-6-4-7-2-1-3-9(7)5-6;1-2-3;2*1-2/h8-11,13,16,34H,5-7,12,36H2,1-4H3,(H,30,31,32);6-7H,1-5H2;2H,1H3;1-2H3;1-2H. The van der Waals surface area contributed by atoms with Crippen LogP contribution in [0.5, 0.6) is 11.8 Å². The van der Waals surface area contributed by atoms with Gasteiger partial charge in [-0.25, -0.2) is 8.78 Å². The molecule has 0 spiro atoms. The number of aromatic hydroxyl groups is 1. The van der Waals surface area contributed by atoms with E-state index in [1.807, 2.05) is 27.7 Å². The minimum Gasteiger partial charge on any atom is -0.508 e. The van der Waals surface area contributed by atoms with E-state index in [1.165, 1.54) is 32.9 Å². The summed E-state index contributed by atoms with van der Waals surface area (Å²) in [5.41, 5.74) is 2.30. The Bertz CT molecular complexity index is 1790. The summed E-state index contributed by atoms with van der Waals surface area (Å²) in [5, 5.41) is 16.5. The lowest BCUT2D eigenvalue weighted by Gasteiger charge is -2.17. The summed E-state index contributed by atoms with van der Waals surface area (Å²) in [4.78, 5) is 36.9. The van der Waals surface area contributed by atoms with Crippen molar-refractivity contribution in [2.75, 3.05) is 32.1 Å². The van der Waals surface area contributed by atoms with E-state index in [1.54, 1.807) is 31.3 Å². The zero-order valence-electron chi connectivity index (χ0n) is 31.5. The topological polar surface area (TPSA) is 118 Å². The molecule has 2 aromatic carbocycles. The number of halogens is 2. The zero-order chi connectivity index (χ0) is 39.0. The van der Waals surface area contributed by atoms with Gasteiger partial charge in [0.25, 0.3) is 0 Å². The Hall–Kier alpha value is -4.26. The highest BCUT2D eigenvalue weighted by molar-refractivity contribution is 7.28. The number of hydrogen-bond donors (Lipinski definition) is 2. The predicted molar refractivity (Wildman–Crippen MR) is 212 cm³/mol. The third-order valence-electron chi connectivity index (χ3n) is 8.89.